The molecule has 2 heterocycles. The molecule has 14 nitrogen and oxygen atoms in total. The van der Waals surface area contributed by atoms with Gasteiger partial charge in [0.05, 0.1) is 42.7 Å². The summed E-state index contributed by atoms with van der Waals surface area (Å²) in [5.41, 5.74) is 7.56. The Morgan fingerprint density at radius 1 is 0.947 bits per heavy atom. The van der Waals surface area contributed by atoms with Crippen molar-refractivity contribution in [3.05, 3.63) is 36.0 Å². The fourth-order valence-corrected chi connectivity index (χ4v) is 8.53. The Labute approximate surface area is 340 Å². The molecular weight excluding hydrogens is 727 g/mol. The minimum atomic E-state index is -0.949. The van der Waals surface area contributed by atoms with E-state index < -0.39 is 60.1 Å². The number of para-hydroxylation sites is 1. The fraction of sp³-hybridized carbons (Fsp3) is 0.698. The zero-order chi connectivity index (χ0) is 42.7. The molecule has 14 heteroatoms. The molecule has 1 aliphatic heterocycles. The number of rotatable bonds is 22. The number of carbonyl (C=O) groups is 5. The van der Waals surface area contributed by atoms with Crippen LogP contribution >= 0.6 is 0 Å². The molecule has 5 amide bonds. The highest BCUT2D eigenvalue weighted by atomic mass is 16.5. The Bertz CT molecular complexity index is 1650. The van der Waals surface area contributed by atoms with Crippen LogP contribution in [0.2, 0.25) is 0 Å². The molecule has 0 bridgehead atoms. The van der Waals surface area contributed by atoms with Crippen LogP contribution in [-0.4, -0.2) is 133 Å². The van der Waals surface area contributed by atoms with Crippen LogP contribution in [0.5, 0.6) is 0 Å². The van der Waals surface area contributed by atoms with Crippen LogP contribution in [0.1, 0.15) is 86.6 Å². The van der Waals surface area contributed by atoms with Gasteiger partial charge in [0.1, 0.15) is 12.1 Å². The molecule has 1 fully saturated rings. The average molecular weight is 798 g/mol. The number of hydrogen-bond donors (Lipinski definition) is 4. The molecule has 57 heavy (non-hydrogen) atoms. The van der Waals surface area contributed by atoms with E-state index in [2.05, 4.69) is 15.6 Å². The first-order valence-electron chi connectivity index (χ1n) is 20.7. The van der Waals surface area contributed by atoms with Gasteiger partial charge >= 0.3 is 0 Å². The molecule has 1 aliphatic rings. The van der Waals surface area contributed by atoms with Crippen molar-refractivity contribution >= 4 is 40.4 Å². The zero-order valence-electron chi connectivity index (χ0n) is 36.5. The maximum absolute atomic E-state index is 14.3. The maximum Gasteiger partial charge on any atom is 0.245 e. The zero-order valence-corrected chi connectivity index (χ0v) is 36.5. The van der Waals surface area contributed by atoms with Crippen LogP contribution in [0, 0.1) is 23.7 Å². The predicted octanol–water partition coefficient (Wildman–Crippen LogP) is 3.72. The summed E-state index contributed by atoms with van der Waals surface area (Å²) in [5, 5.41) is 6.87. The van der Waals surface area contributed by atoms with E-state index in [1.54, 1.807) is 30.9 Å². The summed E-state index contributed by atoms with van der Waals surface area (Å²) >= 11 is 0. The molecule has 0 spiro atoms. The highest BCUT2D eigenvalue weighted by molar-refractivity contribution is 5.91. The van der Waals surface area contributed by atoms with Gasteiger partial charge in [-0.1, -0.05) is 80.0 Å². The summed E-state index contributed by atoms with van der Waals surface area (Å²) in [4.78, 5) is 77.1. The molecule has 0 aliphatic carbocycles. The van der Waals surface area contributed by atoms with E-state index in [1.807, 2.05) is 90.9 Å². The van der Waals surface area contributed by atoms with E-state index in [1.165, 1.54) is 7.11 Å². The lowest BCUT2D eigenvalue weighted by atomic mass is 9.89. The molecule has 1 aromatic heterocycles. The number of likely N-dealkylation sites (N-methyl/N-ethyl adjacent to an activating group) is 2. The van der Waals surface area contributed by atoms with E-state index in [0.717, 1.165) is 29.3 Å². The van der Waals surface area contributed by atoms with Crippen molar-refractivity contribution in [2.45, 2.75) is 130 Å². The van der Waals surface area contributed by atoms with Crippen LogP contribution < -0.4 is 16.4 Å². The minimum Gasteiger partial charge on any atom is -0.379 e. The standard InChI is InChI=1S/C43H71N7O7/c1-13-27(7)38(49(10)43(55)36(25(3)4)47-42(54)37(26(5)6)48(9)14-2)34(56-11)23-35(51)50-21-17-20-33(50)39(57-12)28(8)41(53)46-32(40(44)52)22-29-24-45-31-19-16-15-18-30(29)31/h15-16,18-19,24-28,32-34,36-39,45H,13-14,17,20-23H2,1-12H3,(H2,44,52)(H,46,53)(H,47,54)/t27-,28+,32-,33-,34+,36-,37-,38-,39+/m0/s1. The first kappa shape index (κ1) is 47.4. The number of methoxy groups -OCH3 is 2. The molecule has 5 N–H and O–H groups in total. The summed E-state index contributed by atoms with van der Waals surface area (Å²) in [5.74, 6) is -2.55. The third-order valence-electron chi connectivity index (χ3n) is 12.1. The molecule has 0 radical (unpaired) electrons. The van der Waals surface area contributed by atoms with Gasteiger partial charge in [-0.05, 0) is 55.8 Å². The average Bonchev–Trinajstić information content (AvgIpc) is 3.83. The quantitative estimate of drug-likeness (QED) is 0.139. The summed E-state index contributed by atoms with van der Waals surface area (Å²) in [6.07, 6.45) is 2.80. The van der Waals surface area contributed by atoms with Crippen molar-refractivity contribution in [2.24, 2.45) is 29.4 Å². The molecule has 3 rings (SSSR count). The Kier molecular flexibility index (Phi) is 18.0. The highest BCUT2D eigenvalue weighted by Gasteiger charge is 2.43. The predicted molar refractivity (Wildman–Crippen MR) is 223 cm³/mol. The second-order valence-corrected chi connectivity index (χ2v) is 16.6. The van der Waals surface area contributed by atoms with Crippen molar-refractivity contribution in [1.29, 1.82) is 0 Å². The van der Waals surface area contributed by atoms with E-state index in [-0.39, 0.29) is 48.3 Å². The van der Waals surface area contributed by atoms with Crippen molar-refractivity contribution in [3.8, 4) is 0 Å². The summed E-state index contributed by atoms with van der Waals surface area (Å²) in [6.45, 7) is 16.8. The van der Waals surface area contributed by atoms with E-state index in [0.29, 0.717) is 19.5 Å². The third kappa shape index (κ3) is 11.6. The second-order valence-electron chi connectivity index (χ2n) is 16.6. The number of aromatic nitrogens is 1. The normalized spacial score (nSPS) is 18.9. The van der Waals surface area contributed by atoms with Crippen molar-refractivity contribution in [2.75, 3.05) is 41.4 Å². The van der Waals surface area contributed by atoms with Gasteiger partial charge in [0.25, 0.3) is 0 Å². The number of hydrogen-bond acceptors (Lipinski definition) is 8. The van der Waals surface area contributed by atoms with Gasteiger partial charge in [-0.25, -0.2) is 0 Å². The molecule has 0 unspecified atom stereocenters. The third-order valence-corrected chi connectivity index (χ3v) is 12.1. The van der Waals surface area contributed by atoms with Crippen molar-refractivity contribution in [3.63, 3.8) is 0 Å². The van der Waals surface area contributed by atoms with Crippen LogP contribution in [0.25, 0.3) is 10.9 Å². The van der Waals surface area contributed by atoms with E-state index in [9.17, 15) is 24.0 Å². The number of nitrogens with one attached hydrogen (secondary N) is 3. The molecule has 320 valence electrons. The molecule has 0 saturated carbocycles. The monoisotopic (exact) mass is 798 g/mol. The molecule has 9 atom stereocenters. The Balaban J connectivity index is 1.78. The number of fused-ring (bicyclic) bond motifs is 1. The summed E-state index contributed by atoms with van der Waals surface area (Å²) < 4.78 is 12.0. The van der Waals surface area contributed by atoms with Crippen LogP contribution in [-0.2, 0) is 39.9 Å². The summed E-state index contributed by atoms with van der Waals surface area (Å²) in [7, 11) is 6.72. The smallest absolute Gasteiger partial charge is 0.245 e. The number of nitrogens with two attached hydrogens (primary N) is 1. The fourth-order valence-electron chi connectivity index (χ4n) is 8.53. The van der Waals surface area contributed by atoms with Gasteiger partial charge in [0, 0.05) is 51.3 Å². The lowest BCUT2D eigenvalue weighted by Gasteiger charge is -2.41. The van der Waals surface area contributed by atoms with Gasteiger partial charge in [-0.2, -0.15) is 0 Å². The Morgan fingerprint density at radius 2 is 1.61 bits per heavy atom. The number of ether oxygens (including phenoxy) is 2. The molecule has 1 saturated heterocycles. The number of aromatic amines is 1. The van der Waals surface area contributed by atoms with E-state index in [4.69, 9.17) is 15.2 Å². The number of likely N-dealkylation sites (tertiary alicyclic amines) is 1. The van der Waals surface area contributed by atoms with E-state index >= 15 is 0 Å². The first-order chi connectivity index (χ1) is 26.9. The second kappa shape index (κ2) is 21.7. The van der Waals surface area contributed by atoms with Crippen LogP contribution in [0.4, 0.5) is 0 Å². The number of amides is 5. The largest absolute Gasteiger partial charge is 0.379 e. The lowest BCUT2D eigenvalue weighted by Crippen LogP contribution is -2.60. The Hall–Kier alpha value is -4.01. The van der Waals surface area contributed by atoms with Crippen LogP contribution in [0.15, 0.2) is 30.5 Å². The summed E-state index contributed by atoms with van der Waals surface area (Å²) in [6, 6.07) is 4.72. The number of benzene rings is 1. The van der Waals surface area contributed by atoms with Gasteiger partial charge in [-0.3, -0.25) is 28.9 Å². The topological polar surface area (TPSA) is 179 Å². The van der Waals surface area contributed by atoms with Gasteiger partial charge < -0.3 is 40.6 Å². The molecular formula is C43H71N7O7. The molecule has 2 aromatic rings. The number of nitrogens with zero attached hydrogens (tertiary/aromatic N) is 3. The lowest BCUT2D eigenvalue weighted by molar-refractivity contribution is -0.148. The molecule has 1 aromatic carbocycles. The van der Waals surface area contributed by atoms with Crippen molar-refractivity contribution in [1.82, 2.24) is 30.3 Å². The van der Waals surface area contributed by atoms with Crippen LogP contribution in [0.3, 0.4) is 0 Å². The minimum absolute atomic E-state index is 0.000428. The highest BCUT2D eigenvalue weighted by Crippen LogP contribution is 2.30. The van der Waals surface area contributed by atoms with Gasteiger partial charge in [-0.15, -0.1) is 0 Å². The van der Waals surface area contributed by atoms with Gasteiger partial charge in [0.15, 0.2) is 0 Å². The number of primary amides is 1. The number of H-pyrrole nitrogens is 1. The van der Waals surface area contributed by atoms with Crippen molar-refractivity contribution < 1.29 is 33.4 Å². The Morgan fingerprint density at radius 3 is 2.18 bits per heavy atom. The number of carbonyl (C=O) groups excluding carboxylic acids is 5. The SMILES string of the molecule is CC[C@H](C)[C@@H]([C@@H](CC(=O)N1CCC[C@H]1[C@H](OC)[C@@H](C)C(=O)N[C@@H](Cc1c[nH]c2ccccc12)C(N)=O)OC)N(C)C(=O)[C@@H](NC(=O)[C@H](C(C)C)N(C)CC)C(C)C. The maximum atomic E-state index is 14.3. The van der Waals surface area contributed by atoms with Gasteiger partial charge in [0.2, 0.25) is 29.5 Å². The first-order valence-corrected chi connectivity index (χ1v) is 20.7.